The number of aliphatic carboxylic acids is 1. The molecular formula is C53H94NO7+. The van der Waals surface area contributed by atoms with Crippen LogP contribution in [0.1, 0.15) is 206 Å². The molecule has 0 aliphatic carbocycles. The second-order valence-corrected chi connectivity index (χ2v) is 17.7. The lowest BCUT2D eigenvalue weighted by molar-refractivity contribution is -0.887. The number of esters is 2. The number of quaternary nitrogens is 1. The summed E-state index contributed by atoms with van der Waals surface area (Å²) in [5, 5.41) is 9.64. The highest BCUT2D eigenvalue weighted by molar-refractivity contribution is 5.72. The minimum absolute atomic E-state index is 0.0500. The quantitative estimate of drug-likeness (QED) is 0.0282. The van der Waals surface area contributed by atoms with E-state index < -0.39 is 18.1 Å². The van der Waals surface area contributed by atoms with Crippen LogP contribution in [-0.4, -0.2) is 80.6 Å². The first-order valence-electron chi connectivity index (χ1n) is 24.8. The van der Waals surface area contributed by atoms with Crippen LogP contribution in [0.25, 0.3) is 0 Å². The van der Waals surface area contributed by atoms with Crippen LogP contribution in [0.3, 0.4) is 0 Å². The van der Waals surface area contributed by atoms with Crippen LogP contribution in [0.2, 0.25) is 0 Å². The van der Waals surface area contributed by atoms with Crippen molar-refractivity contribution in [2.24, 2.45) is 0 Å². The van der Waals surface area contributed by atoms with Gasteiger partial charge in [-0.3, -0.25) is 9.59 Å². The summed E-state index contributed by atoms with van der Waals surface area (Å²) in [6.45, 7) is 4.68. The number of rotatable bonds is 44. The molecule has 2 atom stereocenters. The van der Waals surface area contributed by atoms with Crippen molar-refractivity contribution in [2.45, 2.75) is 219 Å². The van der Waals surface area contributed by atoms with Gasteiger partial charge in [-0.1, -0.05) is 164 Å². The van der Waals surface area contributed by atoms with Crippen LogP contribution < -0.4 is 0 Å². The SMILES string of the molecule is CCCCC/C=C/C/C=C/C/C=C/C/C=C/CCCCCCCC(=O)OCC(COCCC(C(=O)O)[N+](C)(C)C)OC(=O)CCCCCCC/C=C/CCCCCCCCC. The maximum Gasteiger partial charge on any atom is 0.362 e. The lowest BCUT2D eigenvalue weighted by atomic mass is 10.1. The summed E-state index contributed by atoms with van der Waals surface area (Å²) >= 11 is 0. The Kier molecular flexibility index (Phi) is 41.5. The molecule has 0 saturated carbocycles. The number of likely N-dealkylation sites (N-methyl/N-ethyl adjacent to an activating group) is 1. The van der Waals surface area contributed by atoms with Gasteiger partial charge in [-0.05, 0) is 83.5 Å². The molecule has 0 aromatic carbocycles. The second kappa shape index (κ2) is 43.7. The van der Waals surface area contributed by atoms with E-state index in [9.17, 15) is 19.5 Å². The standard InChI is InChI=1S/C53H93NO7/c1-6-8-10-12-14-16-18-20-22-24-25-26-27-28-30-31-33-35-37-39-41-43-51(55)60-48-49(47-59-46-45-50(53(57)58)54(3,4)5)61-52(56)44-42-40-38-36-34-32-29-23-21-19-17-15-13-11-9-7-2/h14,16,20,22-23,25-26,28-30,49-50H,6-13,15,17-19,21,24,27,31-48H2,1-5H3/p+1/b16-14+,22-20+,26-25+,29-23+,30-28+. The topological polar surface area (TPSA) is 99.1 Å². The fourth-order valence-corrected chi connectivity index (χ4v) is 7.01. The highest BCUT2D eigenvalue weighted by Crippen LogP contribution is 2.14. The molecule has 0 heterocycles. The zero-order valence-electron chi connectivity index (χ0n) is 40.1. The molecule has 2 unspecified atom stereocenters. The molecule has 0 bridgehead atoms. The summed E-state index contributed by atoms with van der Waals surface area (Å²) < 4.78 is 17.3. The maximum absolute atomic E-state index is 12.8. The van der Waals surface area contributed by atoms with Crippen molar-refractivity contribution in [1.29, 1.82) is 0 Å². The molecule has 0 saturated heterocycles. The molecule has 0 fully saturated rings. The van der Waals surface area contributed by atoms with Crippen LogP contribution in [0.4, 0.5) is 0 Å². The molecule has 0 aromatic heterocycles. The zero-order valence-corrected chi connectivity index (χ0v) is 40.1. The van der Waals surface area contributed by atoms with Gasteiger partial charge in [-0.15, -0.1) is 0 Å². The third-order valence-corrected chi connectivity index (χ3v) is 10.9. The fraction of sp³-hybridized carbons (Fsp3) is 0.755. The van der Waals surface area contributed by atoms with Gasteiger partial charge in [-0.25, -0.2) is 4.79 Å². The second-order valence-electron chi connectivity index (χ2n) is 17.7. The molecule has 0 aromatic rings. The van der Waals surface area contributed by atoms with Crippen molar-refractivity contribution in [1.82, 2.24) is 0 Å². The van der Waals surface area contributed by atoms with Crippen molar-refractivity contribution in [2.75, 3.05) is 41.0 Å². The lowest BCUT2D eigenvalue weighted by Crippen LogP contribution is -2.50. The number of carboxylic acid groups (broad SMARTS) is 1. The number of hydrogen-bond acceptors (Lipinski definition) is 6. The van der Waals surface area contributed by atoms with Crippen molar-refractivity contribution in [3.63, 3.8) is 0 Å². The molecule has 1 N–H and O–H groups in total. The molecular weight excluding hydrogens is 763 g/mol. The van der Waals surface area contributed by atoms with Gasteiger partial charge in [0.1, 0.15) is 6.61 Å². The number of carboxylic acids is 1. The molecule has 0 amide bonds. The predicted octanol–water partition coefficient (Wildman–Crippen LogP) is 14.1. The first-order valence-corrected chi connectivity index (χ1v) is 24.8. The molecule has 8 nitrogen and oxygen atoms in total. The number of unbranched alkanes of at least 4 members (excludes halogenated alkanes) is 20. The predicted molar refractivity (Wildman–Crippen MR) is 257 cm³/mol. The molecule has 8 heteroatoms. The van der Waals surface area contributed by atoms with Gasteiger partial charge in [0.2, 0.25) is 0 Å². The summed E-state index contributed by atoms with van der Waals surface area (Å²) in [7, 11) is 5.52. The number of carbonyl (C=O) groups is 3. The lowest BCUT2D eigenvalue weighted by Gasteiger charge is -2.31. The Balaban J connectivity index is 4.33. The Hall–Kier alpha value is -2.97. The van der Waals surface area contributed by atoms with E-state index in [1.54, 1.807) is 0 Å². The first-order chi connectivity index (χ1) is 29.6. The van der Waals surface area contributed by atoms with Gasteiger partial charge in [0.25, 0.3) is 0 Å². The summed E-state index contributed by atoms with van der Waals surface area (Å²) in [6.07, 6.45) is 54.0. The van der Waals surface area contributed by atoms with E-state index in [0.717, 1.165) is 89.9 Å². The molecule has 0 aliphatic rings. The van der Waals surface area contributed by atoms with Gasteiger partial charge in [0, 0.05) is 19.3 Å². The normalized spacial score (nSPS) is 13.4. The van der Waals surface area contributed by atoms with E-state index >= 15 is 0 Å². The highest BCUT2D eigenvalue weighted by atomic mass is 16.6. The number of nitrogens with zero attached hydrogens (tertiary/aromatic N) is 1. The maximum atomic E-state index is 12.8. The van der Waals surface area contributed by atoms with Crippen molar-refractivity contribution >= 4 is 17.9 Å². The fourth-order valence-electron chi connectivity index (χ4n) is 7.01. The minimum Gasteiger partial charge on any atom is -0.477 e. The van der Waals surface area contributed by atoms with Gasteiger partial charge >= 0.3 is 17.9 Å². The number of allylic oxidation sites excluding steroid dienone is 10. The Labute approximate surface area is 375 Å². The Bertz CT molecular complexity index is 1180. The number of ether oxygens (including phenoxy) is 3. The van der Waals surface area contributed by atoms with E-state index in [1.807, 2.05) is 21.1 Å². The molecule has 352 valence electrons. The van der Waals surface area contributed by atoms with Crippen molar-refractivity contribution in [3.8, 4) is 0 Å². The van der Waals surface area contributed by atoms with Crippen LogP contribution in [-0.2, 0) is 28.6 Å². The molecule has 0 aliphatic heterocycles. The third kappa shape index (κ3) is 42.1. The average molecular weight is 857 g/mol. The van der Waals surface area contributed by atoms with E-state index in [-0.39, 0.29) is 36.2 Å². The zero-order chi connectivity index (χ0) is 44.9. The van der Waals surface area contributed by atoms with Crippen LogP contribution in [0, 0.1) is 0 Å². The third-order valence-electron chi connectivity index (χ3n) is 10.9. The van der Waals surface area contributed by atoms with Gasteiger partial charge in [0.05, 0.1) is 34.4 Å². The van der Waals surface area contributed by atoms with E-state index in [2.05, 4.69) is 74.6 Å². The van der Waals surface area contributed by atoms with Crippen LogP contribution >= 0.6 is 0 Å². The van der Waals surface area contributed by atoms with Gasteiger partial charge < -0.3 is 23.8 Å². The molecule has 0 spiro atoms. The summed E-state index contributed by atoms with van der Waals surface area (Å²) in [5.74, 6) is -1.50. The minimum atomic E-state index is -0.880. The van der Waals surface area contributed by atoms with E-state index in [0.29, 0.717) is 19.3 Å². The van der Waals surface area contributed by atoms with E-state index in [4.69, 9.17) is 14.2 Å². The molecule has 61 heavy (non-hydrogen) atoms. The van der Waals surface area contributed by atoms with Crippen molar-refractivity contribution in [3.05, 3.63) is 60.8 Å². The average Bonchev–Trinajstić information content (AvgIpc) is 3.22. The molecule has 0 rings (SSSR count). The van der Waals surface area contributed by atoms with Gasteiger partial charge in [-0.2, -0.15) is 0 Å². The monoisotopic (exact) mass is 857 g/mol. The Morgan fingerprint density at radius 1 is 0.492 bits per heavy atom. The van der Waals surface area contributed by atoms with Crippen molar-refractivity contribution < 1.29 is 38.2 Å². The van der Waals surface area contributed by atoms with E-state index in [1.165, 1.54) is 83.5 Å². The van der Waals surface area contributed by atoms with Crippen LogP contribution in [0.15, 0.2) is 60.8 Å². The summed E-state index contributed by atoms with van der Waals surface area (Å²) in [4.78, 5) is 37.1. The summed E-state index contributed by atoms with van der Waals surface area (Å²) in [6, 6.07) is -0.621. The summed E-state index contributed by atoms with van der Waals surface area (Å²) in [5.41, 5.74) is 0. The first kappa shape index (κ1) is 58.0. The van der Waals surface area contributed by atoms with Gasteiger partial charge in [0.15, 0.2) is 12.1 Å². The Morgan fingerprint density at radius 3 is 1.33 bits per heavy atom. The highest BCUT2D eigenvalue weighted by Gasteiger charge is 2.31. The number of carbonyl (C=O) groups excluding carboxylic acids is 2. The molecule has 0 radical (unpaired) electrons. The Morgan fingerprint density at radius 2 is 0.869 bits per heavy atom. The van der Waals surface area contributed by atoms with Crippen LogP contribution in [0.5, 0.6) is 0 Å². The smallest absolute Gasteiger partial charge is 0.362 e. The number of hydrogen-bond donors (Lipinski definition) is 1. The largest absolute Gasteiger partial charge is 0.477 e.